The number of thiazole rings is 1. The number of hydrogen-bond donors (Lipinski definition) is 3. The number of nitrogens with one attached hydrogen (secondary N) is 2. The van der Waals surface area contributed by atoms with Gasteiger partial charge in [0.25, 0.3) is 11.8 Å². The molecule has 0 aliphatic heterocycles. The van der Waals surface area contributed by atoms with Gasteiger partial charge >= 0.3 is 0 Å². The van der Waals surface area contributed by atoms with E-state index < -0.39 is 17.5 Å². The molecular formula is C27H21ClF2N6O5S. The Balaban J connectivity index is 1.40. The molecule has 5 rings (SSSR count). The summed E-state index contributed by atoms with van der Waals surface area (Å²) in [6.07, 6.45) is 0. The normalized spacial score (nSPS) is 10.8. The summed E-state index contributed by atoms with van der Waals surface area (Å²) in [5, 5.41) is 10.0. The monoisotopic (exact) mass is 614 g/mol. The van der Waals surface area contributed by atoms with Crippen molar-refractivity contribution in [2.75, 3.05) is 37.7 Å². The van der Waals surface area contributed by atoms with E-state index in [-0.39, 0.29) is 34.3 Å². The number of carbonyl (C=O) groups is 1. The summed E-state index contributed by atoms with van der Waals surface area (Å²) in [6, 6.07) is 11.1. The quantitative estimate of drug-likeness (QED) is 0.170. The number of amides is 1. The van der Waals surface area contributed by atoms with E-state index in [1.54, 1.807) is 24.3 Å². The van der Waals surface area contributed by atoms with Crippen LogP contribution in [0.3, 0.4) is 0 Å². The number of halogens is 3. The zero-order chi connectivity index (χ0) is 30.0. The highest BCUT2D eigenvalue weighted by atomic mass is 35.5. The van der Waals surface area contributed by atoms with Crippen molar-refractivity contribution in [3.05, 3.63) is 70.8 Å². The minimum atomic E-state index is -0.996. The van der Waals surface area contributed by atoms with Crippen molar-refractivity contribution in [1.82, 2.24) is 15.1 Å². The highest BCUT2D eigenvalue weighted by Gasteiger charge is 2.22. The highest BCUT2D eigenvalue weighted by molar-refractivity contribution is 7.19. The number of ether oxygens (including phenoxy) is 3. The Bertz CT molecular complexity index is 1770. The largest absolute Gasteiger partial charge is 0.493 e. The lowest BCUT2D eigenvalue weighted by Gasteiger charge is -2.14. The van der Waals surface area contributed by atoms with Crippen LogP contribution in [0.1, 0.15) is 10.4 Å². The van der Waals surface area contributed by atoms with Crippen molar-refractivity contribution in [1.29, 1.82) is 0 Å². The maximum atomic E-state index is 14.8. The molecule has 0 saturated carbocycles. The summed E-state index contributed by atoms with van der Waals surface area (Å²) in [7, 11) is 4.48. The molecule has 4 N–H and O–H groups in total. The molecule has 15 heteroatoms. The second kappa shape index (κ2) is 11.9. The van der Waals surface area contributed by atoms with Gasteiger partial charge in [0.05, 0.1) is 32.6 Å². The lowest BCUT2D eigenvalue weighted by Crippen LogP contribution is -2.13. The Labute approximate surface area is 246 Å². The summed E-state index contributed by atoms with van der Waals surface area (Å²) in [4.78, 5) is 21.4. The van der Waals surface area contributed by atoms with E-state index in [4.69, 9.17) is 36.1 Å². The van der Waals surface area contributed by atoms with Crippen molar-refractivity contribution < 1.29 is 32.3 Å². The fourth-order valence-electron chi connectivity index (χ4n) is 3.88. The SMILES string of the molecule is COc1cc(Nc2nc(N)c(-c3nc(-c4cc(NC(=O)c5cccc(Cl)c5)c(F)cc4F)no3)s2)cc(OC)c1OC. The summed E-state index contributed by atoms with van der Waals surface area (Å²) < 4.78 is 50.7. The van der Waals surface area contributed by atoms with E-state index in [1.807, 2.05) is 0 Å². The van der Waals surface area contributed by atoms with E-state index in [9.17, 15) is 13.6 Å². The summed E-state index contributed by atoms with van der Waals surface area (Å²) in [5.74, 6) is -1.52. The molecule has 1 amide bonds. The number of nitrogen functional groups attached to an aromatic ring is 1. The Morgan fingerprint density at radius 2 is 1.74 bits per heavy atom. The Kier molecular flexibility index (Phi) is 8.08. The third kappa shape index (κ3) is 5.75. The first-order valence-electron chi connectivity index (χ1n) is 11.9. The van der Waals surface area contributed by atoms with Crippen LogP contribution in [-0.4, -0.2) is 42.4 Å². The number of aromatic nitrogens is 3. The first-order chi connectivity index (χ1) is 20.2. The molecule has 5 aromatic rings. The maximum absolute atomic E-state index is 14.8. The average molecular weight is 615 g/mol. The van der Waals surface area contributed by atoms with E-state index in [1.165, 1.54) is 33.5 Å². The number of rotatable bonds is 9. The molecule has 0 saturated heterocycles. The van der Waals surface area contributed by atoms with Crippen LogP contribution in [0.5, 0.6) is 17.2 Å². The van der Waals surface area contributed by atoms with Crippen LogP contribution in [0, 0.1) is 11.6 Å². The van der Waals surface area contributed by atoms with Gasteiger partial charge in [-0.3, -0.25) is 4.79 Å². The highest BCUT2D eigenvalue weighted by Crippen LogP contribution is 2.42. The van der Waals surface area contributed by atoms with Crippen LogP contribution in [0.2, 0.25) is 5.02 Å². The number of carbonyl (C=O) groups excluding carboxylic acids is 1. The van der Waals surface area contributed by atoms with Crippen LogP contribution >= 0.6 is 22.9 Å². The molecule has 2 heterocycles. The first kappa shape index (κ1) is 28.6. The van der Waals surface area contributed by atoms with Crippen LogP contribution in [0.25, 0.3) is 22.2 Å². The van der Waals surface area contributed by atoms with Gasteiger partial charge in [-0.2, -0.15) is 4.98 Å². The van der Waals surface area contributed by atoms with Crippen molar-refractivity contribution in [2.45, 2.75) is 0 Å². The second-order valence-corrected chi connectivity index (χ2v) is 9.91. The minimum Gasteiger partial charge on any atom is -0.493 e. The van der Waals surface area contributed by atoms with Gasteiger partial charge in [0.2, 0.25) is 11.6 Å². The lowest BCUT2D eigenvalue weighted by atomic mass is 10.1. The molecule has 0 unspecified atom stereocenters. The van der Waals surface area contributed by atoms with Crippen LogP contribution in [0.4, 0.5) is 31.1 Å². The minimum absolute atomic E-state index is 0.0498. The van der Waals surface area contributed by atoms with E-state index in [2.05, 4.69) is 25.8 Å². The molecule has 0 spiro atoms. The van der Waals surface area contributed by atoms with Gasteiger partial charge in [0, 0.05) is 34.5 Å². The van der Waals surface area contributed by atoms with Crippen molar-refractivity contribution in [2.24, 2.45) is 0 Å². The van der Waals surface area contributed by atoms with E-state index >= 15 is 0 Å². The van der Waals surface area contributed by atoms with Gasteiger partial charge < -0.3 is 35.1 Å². The van der Waals surface area contributed by atoms with Crippen molar-refractivity contribution in [3.8, 4) is 39.4 Å². The Hall–Kier alpha value is -4.95. The molecule has 2 aromatic heterocycles. The van der Waals surface area contributed by atoms with Gasteiger partial charge in [-0.25, -0.2) is 13.8 Å². The van der Waals surface area contributed by atoms with Gasteiger partial charge in [0.15, 0.2) is 16.6 Å². The second-order valence-electron chi connectivity index (χ2n) is 8.47. The maximum Gasteiger partial charge on any atom is 0.272 e. The van der Waals surface area contributed by atoms with Gasteiger partial charge in [-0.15, -0.1) is 0 Å². The fraction of sp³-hybridized carbons (Fsp3) is 0.111. The number of anilines is 4. The first-order valence-corrected chi connectivity index (χ1v) is 13.1. The molecule has 0 atom stereocenters. The molecule has 0 bridgehead atoms. The van der Waals surface area contributed by atoms with Gasteiger partial charge in [-0.1, -0.05) is 34.2 Å². The van der Waals surface area contributed by atoms with Gasteiger partial charge in [-0.05, 0) is 24.3 Å². The number of methoxy groups -OCH3 is 3. The zero-order valence-corrected chi connectivity index (χ0v) is 23.7. The summed E-state index contributed by atoms with van der Waals surface area (Å²) in [5.41, 5.74) is 6.35. The van der Waals surface area contributed by atoms with Crippen LogP contribution in [-0.2, 0) is 0 Å². The molecule has 3 aromatic carbocycles. The van der Waals surface area contributed by atoms with Gasteiger partial charge in [0.1, 0.15) is 22.3 Å². The summed E-state index contributed by atoms with van der Waals surface area (Å²) in [6.45, 7) is 0. The van der Waals surface area contributed by atoms with Crippen molar-refractivity contribution in [3.63, 3.8) is 0 Å². The molecule has 0 aliphatic carbocycles. The molecule has 42 heavy (non-hydrogen) atoms. The number of nitrogens with zero attached hydrogens (tertiary/aromatic N) is 3. The van der Waals surface area contributed by atoms with Crippen LogP contribution < -0.4 is 30.6 Å². The smallest absolute Gasteiger partial charge is 0.272 e. The van der Waals surface area contributed by atoms with Crippen molar-refractivity contribution >= 4 is 51.2 Å². The Morgan fingerprint density at radius 1 is 1.00 bits per heavy atom. The van der Waals surface area contributed by atoms with Crippen LogP contribution in [0.15, 0.2) is 53.1 Å². The van der Waals surface area contributed by atoms with E-state index in [0.29, 0.717) is 44.0 Å². The number of nitrogens with two attached hydrogens (primary N) is 1. The predicted octanol–water partition coefficient (Wildman–Crippen LogP) is 6.40. The molecular weight excluding hydrogens is 594 g/mol. The molecule has 11 nitrogen and oxygen atoms in total. The zero-order valence-electron chi connectivity index (χ0n) is 22.1. The standard InChI is InChI=1S/C27H21ClF2N6O5S/c1-38-19-8-14(9-20(39-2)21(19)40-3)32-27-34-23(31)22(42-27)26-35-24(36-41-26)15-10-18(17(30)11-16(15)29)33-25(37)12-5-4-6-13(28)7-12/h4-11H,31H2,1-3H3,(H,32,34)(H,33,37). The predicted molar refractivity (Wildman–Crippen MR) is 154 cm³/mol. The third-order valence-corrected chi connectivity index (χ3v) is 7.03. The Morgan fingerprint density at radius 3 is 2.40 bits per heavy atom. The molecule has 216 valence electrons. The van der Waals surface area contributed by atoms with E-state index in [0.717, 1.165) is 17.4 Å². The number of hydrogen-bond acceptors (Lipinski definition) is 11. The number of benzene rings is 3. The topological polar surface area (TPSA) is 147 Å². The average Bonchev–Trinajstić information content (AvgIpc) is 3.60. The molecule has 0 radical (unpaired) electrons. The molecule has 0 fully saturated rings. The molecule has 0 aliphatic rings. The fourth-order valence-corrected chi connectivity index (χ4v) is 4.90. The summed E-state index contributed by atoms with van der Waals surface area (Å²) >= 11 is 7.02. The third-order valence-electron chi connectivity index (χ3n) is 5.82. The lowest BCUT2D eigenvalue weighted by molar-refractivity contribution is 0.102.